The Bertz CT molecular complexity index is 1080. The van der Waals surface area contributed by atoms with E-state index in [4.69, 9.17) is 18.9 Å². The number of carbonyl (C=O) groups excluding carboxylic acids is 1. The Morgan fingerprint density at radius 3 is 2.70 bits per heavy atom. The Kier molecular flexibility index (Phi) is 5.48. The van der Waals surface area contributed by atoms with Crippen LogP contribution in [0.15, 0.2) is 60.7 Å². The number of phenolic OH excluding ortho intramolecular Hbond substituents is 1. The van der Waals surface area contributed by atoms with Crippen LogP contribution in [0.5, 0.6) is 23.0 Å². The van der Waals surface area contributed by atoms with Crippen molar-refractivity contribution in [3.63, 3.8) is 0 Å². The fourth-order valence-electron chi connectivity index (χ4n) is 3.48. The van der Waals surface area contributed by atoms with E-state index in [-0.39, 0.29) is 12.4 Å². The minimum absolute atomic E-state index is 0.146. The van der Waals surface area contributed by atoms with Gasteiger partial charge in [0.05, 0.1) is 19.8 Å². The zero-order chi connectivity index (χ0) is 21.1. The molecule has 0 saturated carbocycles. The number of rotatable bonds is 5. The van der Waals surface area contributed by atoms with E-state index >= 15 is 0 Å². The first-order valence-corrected chi connectivity index (χ1v) is 9.55. The second-order valence-electron chi connectivity index (χ2n) is 6.98. The summed E-state index contributed by atoms with van der Waals surface area (Å²) in [6, 6.07) is 17.7. The molecule has 1 atom stereocenters. The predicted octanol–water partition coefficient (Wildman–Crippen LogP) is 4.24. The average molecular weight is 406 g/mol. The van der Waals surface area contributed by atoms with Crippen molar-refractivity contribution in [3.8, 4) is 34.1 Å². The molecule has 0 aliphatic carbocycles. The Hall–Kier alpha value is -3.67. The molecule has 1 heterocycles. The van der Waals surface area contributed by atoms with Crippen LogP contribution in [-0.4, -0.2) is 38.0 Å². The van der Waals surface area contributed by atoms with Gasteiger partial charge < -0.3 is 24.1 Å². The molecule has 0 spiro atoms. The molecule has 0 saturated heterocycles. The smallest absolute Gasteiger partial charge is 0.338 e. The van der Waals surface area contributed by atoms with Crippen LogP contribution >= 0.6 is 0 Å². The van der Waals surface area contributed by atoms with Crippen LogP contribution in [0.1, 0.15) is 15.9 Å². The van der Waals surface area contributed by atoms with Crippen LogP contribution in [-0.2, 0) is 11.2 Å². The zero-order valence-corrected chi connectivity index (χ0v) is 16.8. The molecular weight excluding hydrogens is 384 g/mol. The third-order valence-electron chi connectivity index (χ3n) is 5.01. The third kappa shape index (κ3) is 4.03. The monoisotopic (exact) mass is 406 g/mol. The standard InChI is InChI=1S/C24H22O6/c1-27-19-5-3-4-15(10-19)21-12-17(7-9-22(21)28-2)24(26)30-20-11-16-6-8-18(25)13-23(16)29-14-20/h3-10,12-13,20,25H,11,14H2,1-2H3. The van der Waals surface area contributed by atoms with Crippen LogP contribution in [0.3, 0.4) is 0 Å². The maximum atomic E-state index is 12.8. The van der Waals surface area contributed by atoms with Crippen molar-refractivity contribution >= 4 is 5.97 Å². The summed E-state index contributed by atoms with van der Waals surface area (Å²) in [5, 5.41) is 9.56. The van der Waals surface area contributed by atoms with E-state index in [0.717, 1.165) is 16.7 Å². The summed E-state index contributed by atoms with van der Waals surface area (Å²) < 4.78 is 22.1. The maximum absolute atomic E-state index is 12.8. The molecule has 0 aromatic heterocycles. The average Bonchev–Trinajstić information content (AvgIpc) is 2.78. The van der Waals surface area contributed by atoms with Crippen LogP contribution in [0.4, 0.5) is 0 Å². The maximum Gasteiger partial charge on any atom is 0.338 e. The third-order valence-corrected chi connectivity index (χ3v) is 5.01. The van der Waals surface area contributed by atoms with Gasteiger partial charge in [0.1, 0.15) is 35.7 Å². The summed E-state index contributed by atoms with van der Waals surface area (Å²) in [6.07, 6.45) is 0.122. The lowest BCUT2D eigenvalue weighted by atomic mass is 10.0. The molecule has 0 amide bonds. The highest BCUT2D eigenvalue weighted by Gasteiger charge is 2.24. The van der Waals surface area contributed by atoms with Crippen molar-refractivity contribution in [1.82, 2.24) is 0 Å². The van der Waals surface area contributed by atoms with Gasteiger partial charge in [-0.1, -0.05) is 18.2 Å². The number of hydrogen-bond acceptors (Lipinski definition) is 6. The highest BCUT2D eigenvalue weighted by atomic mass is 16.6. The predicted molar refractivity (Wildman–Crippen MR) is 111 cm³/mol. The summed E-state index contributed by atoms with van der Waals surface area (Å²) in [5.41, 5.74) is 2.95. The van der Waals surface area contributed by atoms with E-state index in [9.17, 15) is 9.90 Å². The number of phenols is 1. The van der Waals surface area contributed by atoms with E-state index < -0.39 is 12.1 Å². The van der Waals surface area contributed by atoms with Crippen LogP contribution in [0, 0.1) is 0 Å². The van der Waals surface area contributed by atoms with Gasteiger partial charge in [0.25, 0.3) is 0 Å². The summed E-state index contributed by atoms with van der Waals surface area (Å²) in [5.74, 6) is 1.69. The highest BCUT2D eigenvalue weighted by Crippen LogP contribution is 2.34. The number of carbonyl (C=O) groups is 1. The normalized spacial score (nSPS) is 14.9. The van der Waals surface area contributed by atoms with Crippen molar-refractivity contribution in [3.05, 3.63) is 71.8 Å². The molecule has 3 aromatic carbocycles. The van der Waals surface area contributed by atoms with Crippen molar-refractivity contribution < 1.29 is 28.8 Å². The van der Waals surface area contributed by atoms with Crippen molar-refractivity contribution in [2.24, 2.45) is 0 Å². The highest BCUT2D eigenvalue weighted by molar-refractivity contribution is 5.92. The van der Waals surface area contributed by atoms with E-state index in [1.165, 1.54) is 0 Å². The van der Waals surface area contributed by atoms with E-state index in [1.807, 2.05) is 24.3 Å². The number of esters is 1. The molecule has 1 aliphatic heterocycles. The Morgan fingerprint density at radius 1 is 1.03 bits per heavy atom. The molecule has 6 heteroatoms. The molecular formula is C24H22O6. The SMILES string of the molecule is COc1cccc(-c2cc(C(=O)OC3COc4cc(O)ccc4C3)ccc2OC)c1. The number of hydrogen-bond donors (Lipinski definition) is 1. The quantitative estimate of drug-likeness (QED) is 0.639. The first kappa shape index (κ1) is 19.6. The Morgan fingerprint density at radius 2 is 1.90 bits per heavy atom. The van der Waals surface area contributed by atoms with Gasteiger partial charge in [-0.3, -0.25) is 0 Å². The van der Waals surface area contributed by atoms with Gasteiger partial charge in [0.2, 0.25) is 0 Å². The Balaban J connectivity index is 1.55. The second-order valence-corrected chi connectivity index (χ2v) is 6.98. The Labute approximate surface area is 174 Å². The minimum Gasteiger partial charge on any atom is -0.508 e. The molecule has 3 aromatic rings. The molecule has 4 rings (SSSR count). The zero-order valence-electron chi connectivity index (χ0n) is 16.8. The van der Waals surface area contributed by atoms with Crippen molar-refractivity contribution in [2.75, 3.05) is 20.8 Å². The fraction of sp³-hybridized carbons (Fsp3) is 0.208. The summed E-state index contributed by atoms with van der Waals surface area (Å²) in [4.78, 5) is 12.8. The molecule has 154 valence electrons. The van der Waals surface area contributed by atoms with Crippen LogP contribution in [0.25, 0.3) is 11.1 Å². The molecule has 0 bridgehead atoms. The number of ether oxygens (including phenoxy) is 4. The van der Waals surface area contributed by atoms with Crippen molar-refractivity contribution in [2.45, 2.75) is 12.5 Å². The molecule has 1 unspecified atom stereocenters. The van der Waals surface area contributed by atoms with E-state index in [2.05, 4.69) is 0 Å². The topological polar surface area (TPSA) is 74.2 Å². The second kappa shape index (κ2) is 8.37. The fourth-order valence-corrected chi connectivity index (χ4v) is 3.48. The lowest BCUT2D eigenvalue weighted by Crippen LogP contribution is -2.31. The molecule has 0 fully saturated rings. The first-order chi connectivity index (χ1) is 14.6. The van der Waals surface area contributed by atoms with Gasteiger partial charge in [-0.15, -0.1) is 0 Å². The van der Waals surface area contributed by atoms with Crippen LogP contribution in [0.2, 0.25) is 0 Å². The summed E-state index contributed by atoms with van der Waals surface area (Å²) in [6.45, 7) is 0.237. The first-order valence-electron chi connectivity index (χ1n) is 9.55. The molecule has 30 heavy (non-hydrogen) atoms. The summed E-state index contributed by atoms with van der Waals surface area (Å²) >= 11 is 0. The van der Waals surface area contributed by atoms with Gasteiger partial charge in [-0.05, 0) is 47.5 Å². The molecule has 1 aliphatic rings. The number of benzene rings is 3. The lowest BCUT2D eigenvalue weighted by molar-refractivity contribution is 0.0131. The van der Waals surface area contributed by atoms with E-state index in [1.54, 1.807) is 50.6 Å². The molecule has 0 radical (unpaired) electrons. The number of fused-ring (bicyclic) bond motifs is 1. The lowest BCUT2D eigenvalue weighted by Gasteiger charge is -2.25. The van der Waals surface area contributed by atoms with Gasteiger partial charge in [-0.2, -0.15) is 0 Å². The van der Waals surface area contributed by atoms with Gasteiger partial charge in [-0.25, -0.2) is 4.79 Å². The molecule has 1 N–H and O–H groups in total. The van der Waals surface area contributed by atoms with Gasteiger partial charge >= 0.3 is 5.97 Å². The van der Waals surface area contributed by atoms with Crippen LogP contribution < -0.4 is 14.2 Å². The van der Waals surface area contributed by atoms with E-state index in [0.29, 0.717) is 29.2 Å². The number of methoxy groups -OCH3 is 2. The summed E-state index contributed by atoms with van der Waals surface area (Å²) in [7, 11) is 3.20. The molecule has 6 nitrogen and oxygen atoms in total. The van der Waals surface area contributed by atoms with Crippen molar-refractivity contribution in [1.29, 1.82) is 0 Å². The number of aromatic hydroxyl groups is 1. The van der Waals surface area contributed by atoms with Gasteiger partial charge in [0.15, 0.2) is 0 Å². The van der Waals surface area contributed by atoms with Gasteiger partial charge in [0, 0.05) is 18.1 Å². The minimum atomic E-state index is -0.433. The largest absolute Gasteiger partial charge is 0.508 e.